The topological polar surface area (TPSA) is 54.3 Å². The number of rotatable bonds is 2. The van der Waals surface area contributed by atoms with Crippen molar-refractivity contribution in [3.63, 3.8) is 0 Å². The minimum Gasteiger partial charge on any atom is -0.467 e. The molecule has 134 valence electrons. The van der Waals surface area contributed by atoms with Gasteiger partial charge in [0.05, 0.1) is 17.6 Å². The molecular formula is C23H20N2O2. The number of Topliss-reactive ketones (excluding diaryl/α,β-unsaturated/α-hetero) is 1. The minimum absolute atomic E-state index is 0.166. The van der Waals surface area contributed by atoms with Gasteiger partial charge in [-0.3, -0.25) is 4.79 Å². The van der Waals surface area contributed by atoms with Gasteiger partial charge in [-0.15, -0.1) is 0 Å². The van der Waals surface area contributed by atoms with Crippen LogP contribution in [0, 0.1) is 0 Å². The summed E-state index contributed by atoms with van der Waals surface area (Å²) in [6.07, 6.45) is 2.97. The number of carbonyl (C=O) groups is 1. The Bertz CT molecular complexity index is 1010. The zero-order chi connectivity index (χ0) is 18.2. The molecule has 0 bridgehead atoms. The highest BCUT2D eigenvalue weighted by Gasteiger charge is 2.36. The second-order valence-corrected chi connectivity index (χ2v) is 7.09. The molecule has 2 aromatic carbocycles. The SMILES string of the molecule is O=C1C[C@H](c2ccccc2)CC2=C1[C@H](c1ccco1)Nc1ccccc1N2. The zero-order valence-corrected chi connectivity index (χ0v) is 14.8. The minimum atomic E-state index is -0.282. The molecule has 0 amide bonds. The van der Waals surface area contributed by atoms with Gasteiger partial charge >= 0.3 is 0 Å². The molecule has 1 aromatic heterocycles. The summed E-state index contributed by atoms with van der Waals surface area (Å²) in [6, 6.07) is 21.8. The molecule has 1 aliphatic carbocycles. The van der Waals surface area contributed by atoms with Crippen molar-refractivity contribution in [1.29, 1.82) is 0 Å². The molecule has 1 aliphatic heterocycles. The fourth-order valence-corrected chi connectivity index (χ4v) is 4.12. The number of furan rings is 1. The zero-order valence-electron chi connectivity index (χ0n) is 14.8. The summed E-state index contributed by atoms with van der Waals surface area (Å²) in [6.45, 7) is 0. The van der Waals surface area contributed by atoms with E-state index in [1.165, 1.54) is 5.56 Å². The van der Waals surface area contributed by atoms with Crippen LogP contribution in [0.3, 0.4) is 0 Å². The first-order valence-electron chi connectivity index (χ1n) is 9.27. The highest BCUT2D eigenvalue weighted by atomic mass is 16.3. The van der Waals surface area contributed by atoms with E-state index in [1.807, 2.05) is 54.6 Å². The molecule has 2 heterocycles. The van der Waals surface area contributed by atoms with Crippen LogP contribution in [0.4, 0.5) is 11.4 Å². The van der Waals surface area contributed by atoms with Crippen molar-refractivity contribution in [3.05, 3.63) is 95.6 Å². The Labute approximate surface area is 157 Å². The van der Waals surface area contributed by atoms with Crippen molar-refractivity contribution >= 4 is 17.2 Å². The lowest BCUT2D eigenvalue weighted by atomic mass is 9.79. The summed E-state index contributed by atoms with van der Waals surface area (Å²) < 4.78 is 5.68. The molecule has 2 atom stereocenters. The van der Waals surface area contributed by atoms with Gasteiger partial charge in [0.1, 0.15) is 11.8 Å². The van der Waals surface area contributed by atoms with Crippen LogP contribution < -0.4 is 10.6 Å². The summed E-state index contributed by atoms with van der Waals surface area (Å²) in [5.74, 6) is 1.11. The normalized spacial score (nSPS) is 21.6. The van der Waals surface area contributed by atoms with Gasteiger partial charge in [-0.2, -0.15) is 0 Å². The standard InChI is InChI=1S/C23H20N2O2/c26-20-14-16(15-7-2-1-3-8-15)13-19-22(20)23(21-11-6-12-27-21)25-18-10-5-4-9-17(18)24-19/h1-12,16,23-25H,13-14H2/t16-,23+/m1/s1. The predicted molar refractivity (Wildman–Crippen MR) is 106 cm³/mol. The van der Waals surface area contributed by atoms with E-state index in [0.717, 1.165) is 34.8 Å². The number of benzene rings is 2. The lowest BCUT2D eigenvalue weighted by Gasteiger charge is -2.29. The average molecular weight is 356 g/mol. The third kappa shape index (κ3) is 2.83. The van der Waals surface area contributed by atoms with Gasteiger partial charge in [0.2, 0.25) is 0 Å². The quantitative estimate of drug-likeness (QED) is 0.658. The summed E-state index contributed by atoms with van der Waals surface area (Å²) in [5, 5.41) is 7.05. The number of ketones is 1. The smallest absolute Gasteiger partial charge is 0.163 e. The Balaban J connectivity index is 1.61. The number of para-hydroxylation sites is 2. The number of anilines is 2. The van der Waals surface area contributed by atoms with Gasteiger partial charge in [-0.05, 0) is 42.2 Å². The van der Waals surface area contributed by atoms with Crippen LogP contribution in [0.25, 0.3) is 0 Å². The van der Waals surface area contributed by atoms with Crippen LogP contribution in [-0.2, 0) is 4.79 Å². The lowest BCUT2D eigenvalue weighted by molar-refractivity contribution is -0.116. The number of hydrogen-bond acceptors (Lipinski definition) is 4. The van der Waals surface area contributed by atoms with E-state index < -0.39 is 0 Å². The molecule has 0 saturated heterocycles. The molecule has 0 fully saturated rings. The predicted octanol–water partition coefficient (Wildman–Crippen LogP) is 5.26. The molecule has 5 rings (SSSR count). The molecule has 0 unspecified atom stereocenters. The first-order chi connectivity index (χ1) is 13.3. The van der Waals surface area contributed by atoms with Crippen LogP contribution in [0.2, 0.25) is 0 Å². The Hall–Kier alpha value is -3.27. The number of nitrogens with one attached hydrogen (secondary N) is 2. The third-order valence-corrected chi connectivity index (χ3v) is 5.41. The molecule has 2 aliphatic rings. The Morgan fingerprint density at radius 1 is 0.852 bits per heavy atom. The summed E-state index contributed by atoms with van der Waals surface area (Å²) in [4.78, 5) is 13.2. The molecule has 0 radical (unpaired) electrons. The van der Waals surface area contributed by atoms with E-state index in [2.05, 4.69) is 22.8 Å². The highest BCUT2D eigenvalue weighted by molar-refractivity contribution is 6.01. The maximum atomic E-state index is 13.2. The average Bonchev–Trinajstić information content (AvgIpc) is 3.17. The van der Waals surface area contributed by atoms with Gasteiger partial charge in [0.25, 0.3) is 0 Å². The summed E-state index contributed by atoms with van der Waals surface area (Å²) in [7, 11) is 0. The van der Waals surface area contributed by atoms with Crippen LogP contribution in [0.1, 0.15) is 36.1 Å². The van der Waals surface area contributed by atoms with Gasteiger partial charge in [0, 0.05) is 17.7 Å². The van der Waals surface area contributed by atoms with Gasteiger partial charge in [0.15, 0.2) is 5.78 Å². The van der Waals surface area contributed by atoms with E-state index in [9.17, 15) is 4.79 Å². The number of fused-ring (bicyclic) bond motifs is 1. The maximum absolute atomic E-state index is 13.2. The van der Waals surface area contributed by atoms with Crippen LogP contribution in [0.15, 0.2) is 88.7 Å². The Kier molecular flexibility index (Phi) is 3.82. The summed E-state index contributed by atoms with van der Waals surface area (Å²) in [5.41, 5.74) is 4.93. The third-order valence-electron chi connectivity index (χ3n) is 5.41. The van der Waals surface area contributed by atoms with Crippen molar-refractivity contribution < 1.29 is 9.21 Å². The lowest BCUT2D eigenvalue weighted by Crippen LogP contribution is -2.26. The molecule has 0 saturated carbocycles. The molecular weight excluding hydrogens is 336 g/mol. The number of carbonyl (C=O) groups excluding carboxylic acids is 1. The molecule has 2 N–H and O–H groups in total. The second kappa shape index (κ2) is 6.47. The molecule has 3 aromatic rings. The summed E-state index contributed by atoms with van der Waals surface area (Å²) >= 11 is 0. The molecule has 4 heteroatoms. The fourth-order valence-electron chi connectivity index (χ4n) is 4.12. The first-order valence-corrected chi connectivity index (χ1v) is 9.27. The Morgan fingerprint density at radius 3 is 2.41 bits per heavy atom. The van der Waals surface area contributed by atoms with Gasteiger partial charge in [-0.25, -0.2) is 0 Å². The van der Waals surface area contributed by atoms with E-state index in [1.54, 1.807) is 6.26 Å². The molecule has 4 nitrogen and oxygen atoms in total. The van der Waals surface area contributed by atoms with Gasteiger partial charge < -0.3 is 15.1 Å². The van der Waals surface area contributed by atoms with Crippen molar-refractivity contribution in [2.45, 2.75) is 24.8 Å². The van der Waals surface area contributed by atoms with Crippen molar-refractivity contribution in [2.24, 2.45) is 0 Å². The van der Waals surface area contributed by atoms with Gasteiger partial charge in [-0.1, -0.05) is 42.5 Å². The van der Waals surface area contributed by atoms with Crippen molar-refractivity contribution in [2.75, 3.05) is 10.6 Å². The molecule has 0 spiro atoms. The first kappa shape index (κ1) is 15.9. The monoisotopic (exact) mass is 356 g/mol. The van der Waals surface area contributed by atoms with E-state index in [4.69, 9.17) is 4.42 Å². The van der Waals surface area contributed by atoms with Crippen LogP contribution in [-0.4, -0.2) is 5.78 Å². The van der Waals surface area contributed by atoms with Crippen LogP contribution in [0.5, 0.6) is 0 Å². The van der Waals surface area contributed by atoms with Crippen molar-refractivity contribution in [3.8, 4) is 0 Å². The largest absolute Gasteiger partial charge is 0.467 e. The fraction of sp³-hybridized carbons (Fsp3) is 0.174. The van der Waals surface area contributed by atoms with Crippen molar-refractivity contribution in [1.82, 2.24) is 0 Å². The second-order valence-electron chi connectivity index (χ2n) is 7.09. The highest BCUT2D eigenvalue weighted by Crippen LogP contribution is 2.44. The number of hydrogen-bond donors (Lipinski definition) is 2. The van der Waals surface area contributed by atoms with Crippen LogP contribution >= 0.6 is 0 Å². The maximum Gasteiger partial charge on any atom is 0.163 e. The van der Waals surface area contributed by atoms with E-state index in [-0.39, 0.29) is 17.7 Å². The van der Waals surface area contributed by atoms with E-state index in [0.29, 0.717) is 6.42 Å². The van der Waals surface area contributed by atoms with E-state index >= 15 is 0 Å². The number of allylic oxidation sites excluding steroid dienone is 1. The Morgan fingerprint density at radius 2 is 1.63 bits per heavy atom. The molecule has 27 heavy (non-hydrogen) atoms.